The van der Waals surface area contributed by atoms with E-state index in [1.165, 1.54) is 11.0 Å². The number of hydrogen-bond acceptors (Lipinski definition) is 4. The summed E-state index contributed by atoms with van der Waals surface area (Å²) >= 11 is 0. The topological polar surface area (TPSA) is 79.3 Å². The average molecular weight is 363 g/mol. The van der Waals surface area contributed by atoms with Crippen molar-refractivity contribution in [1.29, 1.82) is 0 Å². The Morgan fingerprint density at radius 3 is 2.77 bits per heavy atom. The standard InChI is InChI=1S/C17H19F2N5O2/c1-23(2)14(25)9-21-17(26)15-13-8-20-5-6-24(13)16(22-15)10-3-4-11(18)12(19)7-10/h3-4,7,20H,5-6,8-9H2,1-2H3,(H,21,26). The van der Waals surface area contributed by atoms with E-state index in [1.54, 1.807) is 14.1 Å². The minimum Gasteiger partial charge on any atom is -0.347 e. The van der Waals surface area contributed by atoms with Crippen LogP contribution >= 0.6 is 0 Å². The molecule has 0 radical (unpaired) electrons. The van der Waals surface area contributed by atoms with Gasteiger partial charge in [-0.05, 0) is 18.2 Å². The molecule has 0 fully saturated rings. The lowest BCUT2D eigenvalue weighted by atomic mass is 10.2. The molecule has 1 aromatic carbocycles. The zero-order valence-corrected chi connectivity index (χ0v) is 14.5. The number of rotatable bonds is 4. The van der Waals surface area contributed by atoms with Crippen LogP contribution in [0.5, 0.6) is 0 Å². The van der Waals surface area contributed by atoms with Gasteiger partial charge >= 0.3 is 0 Å². The molecule has 1 aromatic heterocycles. The van der Waals surface area contributed by atoms with Gasteiger partial charge in [0.05, 0.1) is 12.2 Å². The van der Waals surface area contributed by atoms with Crippen LogP contribution in [0.4, 0.5) is 8.78 Å². The first-order chi connectivity index (χ1) is 12.4. The third kappa shape index (κ3) is 3.43. The van der Waals surface area contributed by atoms with Gasteiger partial charge in [0.25, 0.3) is 5.91 Å². The predicted octanol–water partition coefficient (Wildman–Crippen LogP) is 0.749. The van der Waals surface area contributed by atoms with Gasteiger partial charge < -0.3 is 20.1 Å². The second-order valence-corrected chi connectivity index (χ2v) is 6.16. The van der Waals surface area contributed by atoms with Gasteiger partial charge in [0, 0.05) is 39.3 Å². The maximum atomic E-state index is 13.6. The van der Waals surface area contributed by atoms with Crippen molar-refractivity contribution in [3.8, 4) is 11.4 Å². The summed E-state index contributed by atoms with van der Waals surface area (Å²) < 4.78 is 28.6. The second kappa shape index (κ2) is 7.20. The van der Waals surface area contributed by atoms with Crippen molar-refractivity contribution in [3.63, 3.8) is 0 Å². The summed E-state index contributed by atoms with van der Waals surface area (Å²) in [5, 5.41) is 5.70. The molecule has 2 N–H and O–H groups in total. The van der Waals surface area contributed by atoms with Gasteiger partial charge in [-0.25, -0.2) is 13.8 Å². The van der Waals surface area contributed by atoms with E-state index in [0.29, 0.717) is 36.7 Å². The smallest absolute Gasteiger partial charge is 0.272 e. The molecule has 1 aliphatic heterocycles. The number of nitrogens with one attached hydrogen (secondary N) is 2. The fraction of sp³-hybridized carbons (Fsp3) is 0.353. The highest BCUT2D eigenvalue weighted by Crippen LogP contribution is 2.25. The summed E-state index contributed by atoms with van der Waals surface area (Å²) in [6.07, 6.45) is 0. The highest BCUT2D eigenvalue weighted by Gasteiger charge is 2.25. The molecule has 0 spiro atoms. The van der Waals surface area contributed by atoms with Crippen molar-refractivity contribution in [2.45, 2.75) is 13.1 Å². The quantitative estimate of drug-likeness (QED) is 0.840. The fourth-order valence-corrected chi connectivity index (χ4v) is 2.74. The van der Waals surface area contributed by atoms with Crippen LogP contribution in [0, 0.1) is 11.6 Å². The third-order valence-corrected chi connectivity index (χ3v) is 4.17. The van der Waals surface area contributed by atoms with Gasteiger partial charge in [-0.2, -0.15) is 0 Å². The molecular weight excluding hydrogens is 344 g/mol. The van der Waals surface area contributed by atoms with Gasteiger partial charge in [0.15, 0.2) is 17.3 Å². The number of hydrogen-bond donors (Lipinski definition) is 2. The molecule has 0 saturated heterocycles. The van der Waals surface area contributed by atoms with Crippen LogP contribution in [0.2, 0.25) is 0 Å². The van der Waals surface area contributed by atoms with Crippen LogP contribution in [-0.2, 0) is 17.9 Å². The highest BCUT2D eigenvalue weighted by molar-refractivity contribution is 5.96. The van der Waals surface area contributed by atoms with E-state index in [4.69, 9.17) is 0 Å². The van der Waals surface area contributed by atoms with E-state index in [1.807, 2.05) is 4.57 Å². The number of halogens is 2. The Balaban J connectivity index is 1.94. The summed E-state index contributed by atoms with van der Waals surface area (Å²) in [5.41, 5.74) is 1.20. The van der Waals surface area contributed by atoms with E-state index in [-0.39, 0.29) is 18.1 Å². The van der Waals surface area contributed by atoms with E-state index >= 15 is 0 Å². The lowest BCUT2D eigenvalue weighted by Gasteiger charge is -2.18. The molecule has 1 aliphatic rings. The van der Waals surface area contributed by atoms with E-state index in [9.17, 15) is 18.4 Å². The van der Waals surface area contributed by atoms with Gasteiger partial charge in [-0.3, -0.25) is 9.59 Å². The number of aromatic nitrogens is 2. The van der Waals surface area contributed by atoms with E-state index < -0.39 is 17.5 Å². The predicted molar refractivity (Wildman–Crippen MR) is 90.3 cm³/mol. The summed E-state index contributed by atoms with van der Waals surface area (Å²) in [5.74, 6) is -2.26. The number of likely N-dealkylation sites (N-methyl/N-ethyl adjacent to an activating group) is 1. The van der Waals surface area contributed by atoms with Crippen molar-refractivity contribution >= 4 is 11.8 Å². The Morgan fingerprint density at radius 2 is 2.08 bits per heavy atom. The Bertz CT molecular complexity index is 863. The third-order valence-electron chi connectivity index (χ3n) is 4.17. The number of carbonyl (C=O) groups is 2. The SMILES string of the molecule is CN(C)C(=O)CNC(=O)c1nc(-c2ccc(F)c(F)c2)n2c1CNCC2. The number of fused-ring (bicyclic) bond motifs is 1. The minimum absolute atomic E-state index is 0.147. The van der Waals surface area contributed by atoms with Crippen LogP contribution in [0.1, 0.15) is 16.2 Å². The van der Waals surface area contributed by atoms with Crippen molar-refractivity contribution in [1.82, 2.24) is 25.1 Å². The average Bonchev–Trinajstić information content (AvgIpc) is 3.01. The number of nitrogens with zero attached hydrogens (tertiary/aromatic N) is 3. The van der Waals surface area contributed by atoms with Crippen LogP contribution in [0.3, 0.4) is 0 Å². The van der Waals surface area contributed by atoms with Crippen LogP contribution in [0.15, 0.2) is 18.2 Å². The van der Waals surface area contributed by atoms with E-state index in [0.717, 1.165) is 12.1 Å². The number of benzene rings is 1. The first-order valence-electron chi connectivity index (χ1n) is 8.12. The molecule has 3 rings (SSSR count). The molecule has 2 aromatic rings. The summed E-state index contributed by atoms with van der Waals surface area (Å²) in [6, 6.07) is 3.51. The molecule has 26 heavy (non-hydrogen) atoms. The second-order valence-electron chi connectivity index (χ2n) is 6.16. The van der Waals surface area contributed by atoms with Gasteiger partial charge in [0.2, 0.25) is 5.91 Å². The van der Waals surface area contributed by atoms with Crippen molar-refractivity contribution < 1.29 is 18.4 Å². The first kappa shape index (κ1) is 18.0. The van der Waals surface area contributed by atoms with Crippen LogP contribution in [0.25, 0.3) is 11.4 Å². The molecule has 2 heterocycles. The largest absolute Gasteiger partial charge is 0.347 e. The lowest BCUT2D eigenvalue weighted by molar-refractivity contribution is -0.127. The monoisotopic (exact) mass is 363 g/mol. The summed E-state index contributed by atoms with van der Waals surface area (Å²) in [4.78, 5) is 29.9. The molecular formula is C17H19F2N5O2. The Morgan fingerprint density at radius 1 is 1.31 bits per heavy atom. The van der Waals surface area contributed by atoms with Crippen LogP contribution < -0.4 is 10.6 Å². The molecule has 0 unspecified atom stereocenters. The lowest BCUT2D eigenvalue weighted by Crippen LogP contribution is -2.37. The zero-order valence-electron chi connectivity index (χ0n) is 14.5. The number of imidazole rings is 1. The van der Waals surface area contributed by atoms with Gasteiger partial charge in [-0.15, -0.1) is 0 Å². The van der Waals surface area contributed by atoms with Gasteiger partial charge in [-0.1, -0.05) is 0 Å². The molecule has 2 amide bonds. The van der Waals surface area contributed by atoms with Crippen LogP contribution in [-0.4, -0.2) is 53.5 Å². The summed E-state index contributed by atoms with van der Waals surface area (Å²) in [7, 11) is 3.19. The molecule has 7 nitrogen and oxygen atoms in total. The Hall–Kier alpha value is -2.81. The zero-order chi connectivity index (χ0) is 18.8. The molecule has 0 atom stereocenters. The minimum atomic E-state index is -0.976. The fourth-order valence-electron chi connectivity index (χ4n) is 2.74. The molecule has 9 heteroatoms. The van der Waals surface area contributed by atoms with Gasteiger partial charge in [0.1, 0.15) is 5.82 Å². The van der Waals surface area contributed by atoms with Crippen molar-refractivity contribution in [2.75, 3.05) is 27.2 Å². The highest BCUT2D eigenvalue weighted by atomic mass is 19.2. The van der Waals surface area contributed by atoms with Crippen molar-refractivity contribution in [2.24, 2.45) is 0 Å². The molecule has 0 aliphatic carbocycles. The van der Waals surface area contributed by atoms with Crippen molar-refractivity contribution in [3.05, 3.63) is 41.2 Å². The maximum Gasteiger partial charge on any atom is 0.272 e. The summed E-state index contributed by atoms with van der Waals surface area (Å²) in [6.45, 7) is 1.48. The molecule has 0 bridgehead atoms. The number of amides is 2. The maximum absolute atomic E-state index is 13.6. The van der Waals surface area contributed by atoms with E-state index in [2.05, 4.69) is 15.6 Å². The Labute approximate surface area is 149 Å². The Kier molecular flexibility index (Phi) is 4.99. The molecule has 0 saturated carbocycles. The number of carbonyl (C=O) groups excluding carboxylic acids is 2. The molecule has 138 valence electrons. The normalized spacial score (nSPS) is 13.2. The first-order valence-corrected chi connectivity index (χ1v) is 8.12.